The summed E-state index contributed by atoms with van der Waals surface area (Å²) in [6, 6.07) is 0.380. The fraction of sp³-hybridized carbons (Fsp3) is 0.667. The Morgan fingerprint density at radius 1 is 1.38 bits per heavy atom. The van der Waals surface area contributed by atoms with Crippen LogP contribution < -0.4 is 10.1 Å². The van der Waals surface area contributed by atoms with E-state index in [0.29, 0.717) is 6.04 Å². The summed E-state index contributed by atoms with van der Waals surface area (Å²) in [6.45, 7) is 7.06. The van der Waals surface area contributed by atoms with E-state index in [-0.39, 0.29) is 0 Å². The summed E-state index contributed by atoms with van der Waals surface area (Å²) in [5, 5.41) is 3.38. The molecule has 0 saturated carbocycles. The average molecular weight is 221 g/mol. The van der Waals surface area contributed by atoms with Crippen molar-refractivity contribution in [2.24, 2.45) is 0 Å². The molecule has 2 heterocycles. The topological polar surface area (TPSA) is 47.0 Å². The molecule has 0 atom stereocenters. The van der Waals surface area contributed by atoms with Gasteiger partial charge >= 0.3 is 0 Å². The summed E-state index contributed by atoms with van der Waals surface area (Å²) in [7, 11) is 0. The number of hydrogen-bond donors (Lipinski definition) is 1. The minimum absolute atomic E-state index is 0.380. The number of nitrogens with one attached hydrogen (secondary N) is 1. The van der Waals surface area contributed by atoms with Crippen LogP contribution in [0.3, 0.4) is 0 Å². The van der Waals surface area contributed by atoms with Crippen molar-refractivity contribution in [2.45, 2.75) is 46.1 Å². The normalized spacial score (nSPS) is 14.5. The maximum absolute atomic E-state index is 5.60. The van der Waals surface area contributed by atoms with E-state index in [1.54, 1.807) is 0 Å². The molecule has 0 bridgehead atoms. The molecule has 4 heteroatoms. The molecule has 1 aromatic heterocycles. The van der Waals surface area contributed by atoms with E-state index in [9.17, 15) is 0 Å². The van der Waals surface area contributed by atoms with E-state index < -0.39 is 0 Å². The lowest BCUT2D eigenvalue weighted by molar-refractivity contribution is 0.274. The SMILES string of the molecule is CCc1nc(NC(C)C)c2c(n1)OCCC2. The second kappa shape index (κ2) is 4.68. The number of hydrogen-bond acceptors (Lipinski definition) is 4. The summed E-state index contributed by atoms with van der Waals surface area (Å²) in [4.78, 5) is 8.97. The summed E-state index contributed by atoms with van der Waals surface area (Å²) < 4.78 is 5.60. The molecule has 0 amide bonds. The number of rotatable bonds is 3. The van der Waals surface area contributed by atoms with Gasteiger partial charge in [-0.05, 0) is 26.7 Å². The van der Waals surface area contributed by atoms with E-state index in [1.807, 2.05) is 0 Å². The summed E-state index contributed by atoms with van der Waals surface area (Å²) >= 11 is 0. The third-order valence-corrected chi connectivity index (χ3v) is 2.57. The molecule has 0 aliphatic carbocycles. The van der Waals surface area contributed by atoms with Crippen molar-refractivity contribution >= 4 is 5.82 Å². The fourth-order valence-corrected chi connectivity index (χ4v) is 1.82. The first-order valence-electron chi connectivity index (χ1n) is 5.99. The number of fused-ring (bicyclic) bond motifs is 1. The van der Waals surface area contributed by atoms with Gasteiger partial charge in [0.1, 0.15) is 11.6 Å². The van der Waals surface area contributed by atoms with Crippen molar-refractivity contribution in [3.63, 3.8) is 0 Å². The Bertz CT molecular complexity index is 377. The van der Waals surface area contributed by atoms with E-state index in [4.69, 9.17) is 4.74 Å². The predicted molar refractivity (Wildman–Crippen MR) is 64.0 cm³/mol. The van der Waals surface area contributed by atoms with Crippen molar-refractivity contribution in [1.82, 2.24) is 9.97 Å². The third-order valence-electron chi connectivity index (χ3n) is 2.57. The van der Waals surface area contributed by atoms with Crippen molar-refractivity contribution < 1.29 is 4.74 Å². The van der Waals surface area contributed by atoms with Gasteiger partial charge < -0.3 is 10.1 Å². The quantitative estimate of drug-likeness (QED) is 0.850. The van der Waals surface area contributed by atoms with E-state index in [1.165, 1.54) is 0 Å². The second-order valence-electron chi connectivity index (χ2n) is 4.38. The molecule has 16 heavy (non-hydrogen) atoms. The largest absolute Gasteiger partial charge is 0.477 e. The van der Waals surface area contributed by atoms with Gasteiger partial charge in [0.2, 0.25) is 5.88 Å². The Balaban J connectivity index is 2.39. The number of nitrogens with zero attached hydrogens (tertiary/aromatic N) is 2. The minimum Gasteiger partial charge on any atom is -0.477 e. The zero-order chi connectivity index (χ0) is 11.5. The van der Waals surface area contributed by atoms with Crippen molar-refractivity contribution in [3.05, 3.63) is 11.4 Å². The molecule has 1 aliphatic rings. The molecule has 4 nitrogen and oxygen atoms in total. The highest BCUT2D eigenvalue weighted by atomic mass is 16.5. The Morgan fingerprint density at radius 2 is 2.19 bits per heavy atom. The molecule has 1 N–H and O–H groups in total. The van der Waals surface area contributed by atoms with Gasteiger partial charge in [-0.2, -0.15) is 4.98 Å². The number of aryl methyl sites for hydroxylation is 1. The van der Waals surface area contributed by atoms with Crippen LogP contribution in [0.2, 0.25) is 0 Å². The molecular weight excluding hydrogens is 202 g/mol. The molecule has 2 rings (SSSR count). The zero-order valence-corrected chi connectivity index (χ0v) is 10.2. The predicted octanol–water partition coefficient (Wildman–Crippen LogP) is 2.18. The van der Waals surface area contributed by atoms with Gasteiger partial charge in [0.15, 0.2) is 0 Å². The van der Waals surface area contributed by atoms with Gasteiger partial charge in [-0.25, -0.2) is 4.98 Å². The highest BCUT2D eigenvalue weighted by Crippen LogP contribution is 2.28. The van der Waals surface area contributed by atoms with Crippen LogP contribution in [0, 0.1) is 0 Å². The first-order valence-corrected chi connectivity index (χ1v) is 5.99. The smallest absolute Gasteiger partial charge is 0.222 e. The third kappa shape index (κ3) is 2.26. The van der Waals surface area contributed by atoms with Crippen LogP contribution in [0.5, 0.6) is 5.88 Å². The maximum Gasteiger partial charge on any atom is 0.222 e. The van der Waals surface area contributed by atoms with Crippen LogP contribution in [-0.2, 0) is 12.8 Å². The first-order chi connectivity index (χ1) is 7.70. The lowest BCUT2D eigenvalue weighted by Crippen LogP contribution is -2.19. The second-order valence-corrected chi connectivity index (χ2v) is 4.38. The van der Waals surface area contributed by atoms with Crippen LogP contribution in [0.25, 0.3) is 0 Å². The number of ether oxygens (including phenoxy) is 1. The molecule has 88 valence electrons. The van der Waals surface area contributed by atoms with E-state index in [0.717, 1.165) is 49.0 Å². The van der Waals surface area contributed by atoms with Crippen molar-refractivity contribution in [3.8, 4) is 5.88 Å². The van der Waals surface area contributed by atoms with Crippen LogP contribution in [0.1, 0.15) is 38.6 Å². The first kappa shape index (κ1) is 11.2. The molecule has 0 spiro atoms. The average Bonchev–Trinajstić information content (AvgIpc) is 2.28. The van der Waals surface area contributed by atoms with Gasteiger partial charge in [-0.3, -0.25) is 0 Å². The Morgan fingerprint density at radius 3 is 2.88 bits per heavy atom. The van der Waals surface area contributed by atoms with Gasteiger partial charge in [0.25, 0.3) is 0 Å². The molecule has 0 radical (unpaired) electrons. The van der Waals surface area contributed by atoms with Crippen LogP contribution in [-0.4, -0.2) is 22.6 Å². The van der Waals surface area contributed by atoms with Crippen LogP contribution in [0.15, 0.2) is 0 Å². The van der Waals surface area contributed by atoms with Crippen molar-refractivity contribution in [2.75, 3.05) is 11.9 Å². The molecule has 0 saturated heterocycles. The number of aromatic nitrogens is 2. The fourth-order valence-electron chi connectivity index (χ4n) is 1.82. The standard InChI is InChI=1S/C12H19N3O/c1-4-10-14-11(13-8(2)3)9-6-5-7-16-12(9)15-10/h8H,4-7H2,1-3H3,(H,13,14,15). The van der Waals surface area contributed by atoms with Gasteiger partial charge in [-0.1, -0.05) is 6.92 Å². The lowest BCUT2D eigenvalue weighted by Gasteiger charge is -2.21. The highest BCUT2D eigenvalue weighted by molar-refractivity contribution is 5.50. The zero-order valence-electron chi connectivity index (χ0n) is 10.2. The van der Waals surface area contributed by atoms with E-state index in [2.05, 4.69) is 36.1 Å². The van der Waals surface area contributed by atoms with Crippen molar-refractivity contribution in [1.29, 1.82) is 0 Å². The molecule has 0 fully saturated rings. The lowest BCUT2D eigenvalue weighted by atomic mass is 10.1. The maximum atomic E-state index is 5.60. The molecule has 0 aromatic carbocycles. The minimum atomic E-state index is 0.380. The van der Waals surface area contributed by atoms with Gasteiger partial charge in [0.05, 0.1) is 12.2 Å². The molecule has 1 aliphatic heterocycles. The highest BCUT2D eigenvalue weighted by Gasteiger charge is 2.18. The Kier molecular flexibility index (Phi) is 3.27. The summed E-state index contributed by atoms with van der Waals surface area (Å²) in [6.07, 6.45) is 2.90. The Hall–Kier alpha value is -1.32. The number of anilines is 1. The van der Waals surface area contributed by atoms with E-state index >= 15 is 0 Å². The monoisotopic (exact) mass is 221 g/mol. The van der Waals surface area contributed by atoms with Crippen LogP contribution in [0.4, 0.5) is 5.82 Å². The molecular formula is C12H19N3O. The molecule has 0 unspecified atom stereocenters. The van der Waals surface area contributed by atoms with Gasteiger partial charge in [-0.15, -0.1) is 0 Å². The Labute approximate surface area is 96.4 Å². The van der Waals surface area contributed by atoms with Gasteiger partial charge in [0, 0.05) is 12.5 Å². The molecule has 1 aromatic rings. The summed E-state index contributed by atoms with van der Waals surface area (Å²) in [5.41, 5.74) is 1.14. The van der Waals surface area contributed by atoms with Crippen LogP contribution >= 0.6 is 0 Å². The summed E-state index contributed by atoms with van der Waals surface area (Å²) in [5.74, 6) is 2.58.